The van der Waals surface area contributed by atoms with Gasteiger partial charge in [-0.1, -0.05) is 20.8 Å². The van der Waals surface area contributed by atoms with Gasteiger partial charge in [0.1, 0.15) is 0 Å². The van der Waals surface area contributed by atoms with Gasteiger partial charge in [0.15, 0.2) is 0 Å². The van der Waals surface area contributed by atoms with E-state index in [-0.39, 0.29) is 12.4 Å². The van der Waals surface area contributed by atoms with Crippen LogP contribution in [0.15, 0.2) is 0 Å². The fourth-order valence-electron chi connectivity index (χ4n) is 1.28. The first kappa shape index (κ1) is 13.8. The third-order valence-electron chi connectivity index (χ3n) is 1.62. The molecule has 0 bridgehead atoms. The molecule has 0 amide bonds. The summed E-state index contributed by atoms with van der Waals surface area (Å²) in [5, 5.41) is 0. The van der Waals surface area contributed by atoms with E-state index < -0.39 is 0 Å². The Morgan fingerprint density at radius 3 is 1.18 bits per heavy atom. The van der Waals surface area contributed by atoms with Gasteiger partial charge < -0.3 is 4.90 Å². The molecule has 0 aliphatic rings. The minimum atomic E-state index is 0. The second-order valence-electron chi connectivity index (χ2n) is 2.84. The van der Waals surface area contributed by atoms with Crippen LogP contribution in [0.2, 0.25) is 0 Å². The van der Waals surface area contributed by atoms with Crippen molar-refractivity contribution in [1.29, 1.82) is 0 Å². The first-order valence-electron chi connectivity index (χ1n) is 4.57. The van der Waals surface area contributed by atoms with Crippen LogP contribution in [0.5, 0.6) is 0 Å². The highest BCUT2D eigenvalue weighted by atomic mass is 35.5. The van der Waals surface area contributed by atoms with Gasteiger partial charge in [0.25, 0.3) is 0 Å². The molecule has 11 heavy (non-hydrogen) atoms. The van der Waals surface area contributed by atoms with Crippen LogP contribution in [0.1, 0.15) is 40.0 Å². The van der Waals surface area contributed by atoms with E-state index >= 15 is 0 Å². The smallest absolute Gasteiger partial charge is 0.00214 e. The lowest BCUT2D eigenvalue weighted by molar-refractivity contribution is 0.275. The van der Waals surface area contributed by atoms with Crippen LogP contribution in [0.3, 0.4) is 0 Å². The largest absolute Gasteiger partial charge is 0.303 e. The Balaban J connectivity index is 0. The predicted molar refractivity (Wildman–Crippen MR) is 54.6 cm³/mol. The Bertz CT molecular complexity index is 52.3. The molecule has 0 saturated carbocycles. The van der Waals surface area contributed by atoms with Gasteiger partial charge >= 0.3 is 0 Å². The van der Waals surface area contributed by atoms with Crippen molar-refractivity contribution in [3.8, 4) is 0 Å². The maximum Gasteiger partial charge on any atom is -0.00214 e. The van der Waals surface area contributed by atoms with Crippen molar-refractivity contribution >= 4 is 12.4 Å². The summed E-state index contributed by atoms with van der Waals surface area (Å²) in [6.45, 7) is 10.6. The van der Waals surface area contributed by atoms with Gasteiger partial charge in [-0.25, -0.2) is 0 Å². The lowest BCUT2D eigenvalue weighted by Crippen LogP contribution is -2.25. The minimum absolute atomic E-state index is 0. The fraction of sp³-hybridized carbons (Fsp3) is 1.00. The van der Waals surface area contributed by atoms with Crippen LogP contribution in [0.25, 0.3) is 0 Å². The molecule has 0 saturated heterocycles. The minimum Gasteiger partial charge on any atom is -0.303 e. The maximum atomic E-state index is 2.54. The van der Waals surface area contributed by atoms with E-state index in [0.29, 0.717) is 0 Å². The van der Waals surface area contributed by atoms with E-state index in [1.807, 2.05) is 0 Å². The summed E-state index contributed by atoms with van der Waals surface area (Å²) in [4.78, 5) is 2.54. The zero-order valence-corrected chi connectivity index (χ0v) is 8.91. The summed E-state index contributed by atoms with van der Waals surface area (Å²) in [6, 6.07) is 0. The average molecular weight is 180 g/mol. The lowest BCUT2D eigenvalue weighted by Gasteiger charge is -2.19. The zero-order chi connectivity index (χ0) is 7.82. The molecule has 70 valence electrons. The van der Waals surface area contributed by atoms with Crippen molar-refractivity contribution in [2.24, 2.45) is 0 Å². The van der Waals surface area contributed by atoms with Crippen molar-refractivity contribution in [3.63, 3.8) is 0 Å². The molecule has 0 aromatic heterocycles. The zero-order valence-electron chi connectivity index (χ0n) is 8.10. The Morgan fingerprint density at radius 1 is 0.727 bits per heavy atom. The molecule has 0 aromatic carbocycles. The van der Waals surface area contributed by atoms with E-state index in [0.717, 1.165) is 0 Å². The van der Waals surface area contributed by atoms with Crippen LogP contribution >= 0.6 is 12.4 Å². The molecule has 0 aliphatic carbocycles. The SMILES string of the molecule is CCCN(CCC)CCC.Cl. The van der Waals surface area contributed by atoms with Gasteiger partial charge in [0, 0.05) is 0 Å². The van der Waals surface area contributed by atoms with Crippen LogP contribution in [-0.2, 0) is 0 Å². The molecule has 0 heterocycles. The summed E-state index contributed by atoms with van der Waals surface area (Å²) in [6.07, 6.45) is 3.88. The van der Waals surface area contributed by atoms with Crippen LogP contribution in [-0.4, -0.2) is 24.5 Å². The maximum absolute atomic E-state index is 2.54. The second kappa shape index (κ2) is 10.2. The molecular formula is C9H22ClN. The fourth-order valence-corrected chi connectivity index (χ4v) is 1.28. The first-order valence-corrected chi connectivity index (χ1v) is 4.57. The van der Waals surface area contributed by atoms with Gasteiger partial charge in [0.2, 0.25) is 0 Å². The number of halogens is 1. The standard InChI is InChI=1S/C9H21N.ClH/c1-4-7-10(8-5-2)9-6-3;/h4-9H2,1-3H3;1H. The summed E-state index contributed by atoms with van der Waals surface area (Å²) in [5.41, 5.74) is 0. The molecule has 0 rings (SSSR count). The van der Waals surface area contributed by atoms with Crippen LogP contribution < -0.4 is 0 Å². The van der Waals surface area contributed by atoms with Crippen molar-refractivity contribution in [3.05, 3.63) is 0 Å². The van der Waals surface area contributed by atoms with Crippen LogP contribution in [0, 0.1) is 0 Å². The molecule has 0 radical (unpaired) electrons. The molecule has 0 fully saturated rings. The van der Waals surface area contributed by atoms with Crippen molar-refractivity contribution in [2.45, 2.75) is 40.0 Å². The van der Waals surface area contributed by atoms with Gasteiger partial charge in [-0.15, -0.1) is 12.4 Å². The topological polar surface area (TPSA) is 3.24 Å². The monoisotopic (exact) mass is 179 g/mol. The summed E-state index contributed by atoms with van der Waals surface area (Å²) >= 11 is 0. The molecule has 0 aliphatic heterocycles. The highest BCUT2D eigenvalue weighted by Crippen LogP contribution is 1.94. The molecule has 0 atom stereocenters. The lowest BCUT2D eigenvalue weighted by atomic mass is 10.3. The van der Waals surface area contributed by atoms with E-state index in [4.69, 9.17) is 0 Å². The van der Waals surface area contributed by atoms with Crippen molar-refractivity contribution in [2.75, 3.05) is 19.6 Å². The summed E-state index contributed by atoms with van der Waals surface area (Å²) in [5.74, 6) is 0. The number of hydrogen-bond donors (Lipinski definition) is 0. The van der Waals surface area contributed by atoms with E-state index in [1.54, 1.807) is 0 Å². The average Bonchev–Trinajstić information content (AvgIpc) is 1.90. The summed E-state index contributed by atoms with van der Waals surface area (Å²) < 4.78 is 0. The Labute approximate surface area is 77.6 Å². The normalized spacial score (nSPS) is 9.82. The molecule has 2 heteroatoms. The molecule has 0 spiro atoms. The van der Waals surface area contributed by atoms with E-state index in [2.05, 4.69) is 25.7 Å². The third kappa shape index (κ3) is 8.15. The number of nitrogens with zero attached hydrogens (tertiary/aromatic N) is 1. The molecule has 1 nitrogen and oxygen atoms in total. The van der Waals surface area contributed by atoms with E-state index in [9.17, 15) is 0 Å². The Kier molecular flexibility index (Phi) is 12.9. The highest BCUT2D eigenvalue weighted by molar-refractivity contribution is 5.85. The predicted octanol–water partition coefficient (Wildman–Crippen LogP) is 2.94. The summed E-state index contributed by atoms with van der Waals surface area (Å²) in [7, 11) is 0. The second-order valence-corrected chi connectivity index (χ2v) is 2.84. The Hall–Kier alpha value is 0.250. The Morgan fingerprint density at radius 2 is 1.00 bits per heavy atom. The number of hydrogen-bond acceptors (Lipinski definition) is 1. The quantitative estimate of drug-likeness (QED) is 0.606. The molecule has 0 aromatic rings. The van der Waals surface area contributed by atoms with E-state index in [1.165, 1.54) is 38.9 Å². The van der Waals surface area contributed by atoms with Gasteiger partial charge in [-0.05, 0) is 38.9 Å². The van der Waals surface area contributed by atoms with Crippen molar-refractivity contribution < 1.29 is 0 Å². The number of rotatable bonds is 6. The third-order valence-corrected chi connectivity index (χ3v) is 1.62. The first-order chi connectivity index (χ1) is 4.85. The van der Waals surface area contributed by atoms with Gasteiger partial charge in [-0.2, -0.15) is 0 Å². The molecular weight excluding hydrogens is 158 g/mol. The van der Waals surface area contributed by atoms with Crippen molar-refractivity contribution in [1.82, 2.24) is 4.90 Å². The van der Waals surface area contributed by atoms with Gasteiger partial charge in [-0.3, -0.25) is 0 Å². The highest BCUT2D eigenvalue weighted by Gasteiger charge is 1.98. The van der Waals surface area contributed by atoms with Crippen LogP contribution in [0.4, 0.5) is 0 Å². The molecule has 0 unspecified atom stereocenters. The van der Waals surface area contributed by atoms with Gasteiger partial charge in [0.05, 0.1) is 0 Å². The molecule has 0 N–H and O–H groups in total.